The molecule has 11 heteroatoms. The van der Waals surface area contributed by atoms with E-state index in [0.29, 0.717) is 13.4 Å². The third kappa shape index (κ3) is 5.79. The van der Waals surface area contributed by atoms with Crippen LogP contribution in [0, 0.1) is 11.8 Å². The van der Waals surface area contributed by atoms with Crippen LogP contribution in [0.25, 0.3) is 0 Å². The van der Waals surface area contributed by atoms with Gasteiger partial charge in [0.05, 0.1) is 6.10 Å². The van der Waals surface area contributed by atoms with Gasteiger partial charge in [0.2, 0.25) is 12.7 Å². The van der Waals surface area contributed by atoms with E-state index in [1.54, 1.807) is 7.05 Å². The normalized spacial score (nSPS) is 25.1. The highest BCUT2D eigenvalue weighted by Gasteiger charge is 2.41. The van der Waals surface area contributed by atoms with Crippen molar-refractivity contribution in [2.75, 3.05) is 33.5 Å². The number of amides is 1. The molecule has 4 rings (SSSR count). The number of rotatable bonds is 3. The molecular formula is C20H25F3N2O6. The van der Waals surface area contributed by atoms with Crippen molar-refractivity contribution in [2.24, 2.45) is 11.8 Å². The molecule has 1 aromatic carbocycles. The fourth-order valence-corrected chi connectivity index (χ4v) is 4.14. The third-order valence-corrected chi connectivity index (χ3v) is 5.62. The van der Waals surface area contributed by atoms with E-state index in [4.69, 9.17) is 24.1 Å². The smallest absolute Gasteiger partial charge is 0.475 e. The summed E-state index contributed by atoms with van der Waals surface area (Å²) in [5.41, 5.74) is 1.21. The van der Waals surface area contributed by atoms with Crippen molar-refractivity contribution in [3.63, 3.8) is 0 Å². The van der Waals surface area contributed by atoms with Gasteiger partial charge in [0, 0.05) is 45.1 Å². The molecule has 2 fully saturated rings. The molecular weight excluding hydrogens is 421 g/mol. The molecule has 2 saturated heterocycles. The molecule has 3 atom stereocenters. The van der Waals surface area contributed by atoms with Gasteiger partial charge in [-0.3, -0.25) is 9.69 Å². The number of carbonyl (C=O) groups excluding carboxylic acids is 1. The molecule has 31 heavy (non-hydrogen) atoms. The summed E-state index contributed by atoms with van der Waals surface area (Å²) in [6.45, 7) is 3.76. The van der Waals surface area contributed by atoms with Gasteiger partial charge in [-0.1, -0.05) is 6.07 Å². The molecule has 3 aliphatic rings. The van der Waals surface area contributed by atoms with Crippen LogP contribution < -0.4 is 14.8 Å². The lowest BCUT2D eigenvalue weighted by molar-refractivity contribution is -0.192. The molecule has 3 aliphatic heterocycles. The first-order valence-corrected chi connectivity index (χ1v) is 9.93. The van der Waals surface area contributed by atoms with Gasteiger partial charge < -0.3 is 24.6 Å². The van der Waals surface area contributed by atoms with E-state index < -0.39 is 12.1 Å². The number of hydrogen-bond donors (Lipinski definition) is 2. The van der Waals surface area contributed by atoms with Gasteiger partial charge in [0.1, 0.15) is 0 Å². The first-order chi connectivity index (χ1) is 14.7. The lowest BCUT2D eigenvalue weighted by atomic mass is 9.79. The number of benzene rings is 1. The maximum atomic E-state index is 12.2. The highest BCUT2D eigenvalue weighted by Crippen LogP contribution is 2.35. The Morgan fingerprint density at radius 3 is 2.61 bits per heavy atom. The van der Waals surface area contributed by atoms with Gasteiger partial charge in [0.15, 0.2) is 11.5 Å². The maximum absolute atomic E-state index is 12.2. The zero-order valence-electron chi connectivity index (χ0n) is 17.0. The molecule has 0 spiro atoms. The summed E-state index contributed by atoms with van der Waals surface area (Å²) in [5.74, 6) is -0.620. The van der Waals surface area contributed by atoms with E-state index >= 15 is 0 Å². The standard InChI is InChI=1S/C18H24N2O4.C2HF3O2/c1-19-18(21)13-5-7-22-15-4-6-20(10-14(13)15)9-12-2-3-16-17(8-12)24-11-23-16;3-2(4,5)1(6)7/h2-3,8,13-15H,4-7,9-11H2,1H3,(H,19,21);(H,6,7)/t13-,14-,15-;/m1./s1. The summed E-state index contributed by atoms with van der Waals surface area (Å²) in [6, 6.07) is 6.12. The fourth-order valence-electron chi connectivity index (χ4n) is 4.14. The topological polar surface area (TPSA) is 97.3 Å². The monoisotopic (exact) mass is 446 g/mol. The highest BCUT2D eigenvalue weighted by atomic mass is 19.4. The minimum atomic E-state index is -5.08. The first kappa shape index (κ1) is 23.1. The van der Waals surface area contributed by atoms with E-state index in [1.165, 1.54) is 5.56 Å². The van der Waals surface area contributed by atoms with E-state index in [-0.39, 0.29) is 23.8 Å². The second kappa shape index (κ2) is 9.73. The molecule has 8 nitrogen and oxygen atoms in total. The fraction of sp³-hybridized carbons (Fsp3) is 0.600. The molecule has 0 aliphatic carbocycles. The van der Waals surface area contributed by atoms with E-state index in [0.717, 1.165) is 44.0 Å². The molecule has 2 N–H and O–H groups in total. The minimum absolute atomic E-state index is 0.0632. The SMILES string of the molecule is CNC(=O)[C@@H]1CCO[C@@H]2CCN(Cc3ccc4c(c3)OCO4)C[C@@H]21.O=C(O)C(F)(F)F. The van der Waals surface area contributed by atoms with Crippen molar-refractivity contribution in [3.05, 3.63) is 23.8 Å². The quantitative estimate of drug-likeness (QED) is 0.733. The van der Waals surface area contributed by atoms with Crippen LogP contribution >= 0.6 is 0 Å². The molecule has 0 unspecified atom stereocenters. The Kier molecular flexibility index (Phi) is 7.26. The second-order valence-electron chi connectivity index (χ2n) is 7.60. The molecule has 0 bridgehead atoms. The summed E-state index contributed by atoms with van der Waals surface area (Å²) in [6.07, 6.45) is -3.06. The summed E-state index contributed by atoms with van der Waals surface area (Å²) < 4.78 is 48.5. The van der Waals surface area contributed by atoms with Crippen LogP contribution in [0.4, 0.5) is 13.2 Å². The predicted octanol–water partition coefficient (Wildman–Crippen LogP) is 2.02. The molecule has 3 heterocycles. The average Bonchev–Trinajstić information content (AvgIpc) is 3.20. The minimum Gasteiger partial charge on any atom is -0.475 e. The van der Waals surface area contributed by atoms with Crippen molar-refractivity contribution in [1.82, 2.24) is 10.2 Å². The van der Waals surface area contributed by atoms with E-state index in [9.17, 15) is 18.0 Å². The molecule has 1 aromatic rings. The van der Waals surface area contributed by atoms with E-state index in [1.807, 2.05) is 6.07 Å². The number of hydrogen-bond acceptors (Lipinski definition) is 6. The number of nitrogens with one attached hydrogen (secondary N) is 1. The zero-order chi connectivity index (χ0) is 22.6. The molecule has 0 radical (unpaired) electrons. The zero-order valence-corrected chi connectivity index (χ0v) is 17.0. The number of piperidine rings is 1. The molecule has 1 amide bonds. The predicted molar refractivity (Wildman–Crippen MR) is 102 cm³/mol. The first-order valence-electron chi connectivity index (χ1n) is 9.93. The van der Waals surface area contributed by atoms with Crippen LogP contribution in [0.5, 0.6) is 11.5 Å². The van der Waals surface area contributed by atoms with Crippen LogP contribution in [-0.4, -0.2) is 67.7 Å². The molecule has 0 saturated carbocycles. The summed E-state index contributed by atoms with van der Waals surface area (Å²) in [5, 5.41) is 9.94. The van der Waals surface area contributed by atoms with Crippen molar-refractivity contribution in [3.8, 4) is 11.5 Å². The number of carbonyl (C=O) groups is 2. The number of aliphatic carboxylic acids is 1. The second-order valence-corrected chi connectivity index (χ2v) is 7.60. The maximum Gasteiger partial charge on any atom is 0.490 e. The number of nitrogens with zero attached hydrogens (tertiary/aromatic N) is 1. The van der Waals surface area contributed by atoms with Gasteiger partial charge in [-0.25, -0.2) is 4.79 Å². The molecule has 0 aromatic heterocycles. The number of carboxylic acids is 1. The largest absolute Gasteiger partial charge is 0.490 e. The van der Waals surface area contributed by atoms with Crippen LogP contribution in [0.3, 0.4) is 0 Å². The van der Waals surface area contributed by atoms with Gasteiger partial charge in [-0.05, 0) is 30.5 Å². The number of fused-ring (bicyclic) bond motifs is 2. The van der Waals surface area contributed by atoms with Crippen molar-refractivity contribution < 1.29 is 42.1 Å². The van der Waals surface area contributed by atoms with Gasteiger partial charge in [-0.2, -0.15) is 13.2 Å². The number of likely N-dealkylation sites (tertiary alicyclic amines) is 1. The van der Waals surface area contributed by atoms with Gasteiger partial charge in [-0.15, -0.1) is 0 Å². The molecule has 172 valence electrons. The van der Waals surface area contributed by atoms with Gasteiger partial charge >= 0.3 is 12.1 Å². The van der Waals surface area contributed by atoms with Crippen molar-refractivity contribution in [2.45, 2.75) is 31.7 Å². The number of ether oxygens (including phenoxy) is 3. The Bertz CT molecular complexity index is 804. The van der Waals surface area contributed by atoms with Crippen molar-refractivity contribution in [1.29, 1.82) is 0 Å². The summed E-state index contributed by atoms with van der Waals surface area (Å²) in [4.78, 5) is 23.5. The average molecular weight is 446 g/mol. The van der Waals surface area contributed by atoms with Crippen LogP contribution in [0.15, 0.2) is 18.2 Å². The summed E-state index contributed by atoms with van der Waals surface area (Å²) in [7, 11) is 1.72. The Hall–Kier alpha value is -2.53. The van der Waals surface area contributed by atoms with Crippen LogP contribution in [-0.2, 0) is 20.9 Å². The third-order valence-electron chi connectivity index (χ3n) is 5.62. The Morgan fingerprint density at radius 2 is 1.94 bits per heavy atom. The lowest BCUT2D eigenvalue weighted by Crippen LogP contribution is -2.52. The Morgan fingerprint density at radius 1 is 1.23 bits per heavy atom. The highest BCUT2D eigenvalue weighted by molar-refractivity contribution is 5.78. The Balaban J connectivity index is 0.000000339. The Labute approximate surface area is 177 Å². The lowest BCUT2D eigenvalue weighted by Gasteiger charge is -2.44. The number of alkyl halides is 3. The van der Waals surface area contributed by atoms with E-state index in [2.05, 4.69) is 22.3 Å². The van der Waals surface area contributed by atoms with Gasteiger partial charge in [0.25, 0.3) is 0 Å². The number of halogens is 3. The van der Waals surface area contributed by atoms with Crippen molar-refractivity contribution >= 4 is 11.9 Å². The van der Waals surface area contributed by atoms with Crippen LogP contribution in [0.1, 0.15) is 18.4 Å². The summed E-state index contributed by atoms with van der Waals surface area (Å²) >= 11 is 0. The van der Waals surface area contributed by atoms with Crippen LogP contribution in [0.2, 0.25) is 0 Å². The number of carboxylic acid groups (broad SMARTS) is 1.